The first-order chi connectivity index (χ1) is 11.7. The van der Waals surface area contributed by atoms with Gasteiger partial charge in [0.05, 0.1) is 11.8 Å². The van der Waals surface area contributed by atoms with Crippen molar-refractivity contribution in [2.75, 3.05) is 11.9 Å². The zero-order valence-corrected chi connectivity index (χ0v) is 15.4. The van der Waals surface area contributed by atoms with Crippen molar-refractivity contribution in [3.8, 4) is 0 Å². The lowest BCUT2D eigenvalue weighted by atomic mass is 10.2. The summed E-state index contributed by atoms with van der Waals surface area (Å²) in [6.07, 6.45) is 2.17. The summed E-state index contributed by atoms with van der Waals surface area (Å²) in [5.74, 6) is 0.397. The zero-order chi connectivity index (χ0) is 18.4. The molecule has 1 atom stereocenters. The first kappa shape index (κ1) is 17.9. The minimum absolute atomic E-state index is 0.193. The topological polar surface area (TPSA) is 92.0 Å². The second-order valence-corrected chi connectivity index (χ2v) is 7.54. The monoisotopic (exact) mass is 367 g/mol. The van der Waals surface area contributed by atoms with Crippen LogP contribution in [0.3, 0.4) is 0 Å². The van der Waals surface area contributed by atoms with E-state index >= 15 is 0 Å². The number of nitrogens with one attached hydrogen (secondary N) is 1. The Bertz CT molecular complexity index is 797. The number of aromatic nitrogens is 3. The second kappa shape index (κ2) is 6.44. The van der Waals surface area contributed by atoms with Crippen LogP contribution in [0.1, 0.15) is 45.4 Å². The number of rotatable bonds is 4. The maximum atomic E-state index is 12.3. The average molecular weight is 368 g/mol. The molecule has 0 bridgehead atoms. The lowest BCUT2D eigenvalue weighted by Crippen LogP contribution is -2.35. The van der Waals surface area contributed by atoms with Crippen molar-refractivity contribution >= 4 is 29.2 Å². The molecule has 2 N–H and O–H groups in total. The van der Waals surface area contributed by atoms with Gasteiger partial charge in [-0.15, -0.1) is 0 Å². The van der Waals surface area contributed by atoms with Gasteiger partial charge < -0.3 is 9.84 Å². The molecule has 1 amide bonds. The molecule has 1 saturated carbocycles. The van der Waals surface area contributed by atoms with Gasteiger partial charge in [-0.05, 0) is 33.6 Å². The molecular weight excluding hydrogens is 346 g/mol. The Kier molecular flexibility index (Phi) is 4.61. The number of nitrogens with zero attached hydrogens (tertiary/aromatic N) is 4. The van der Waals surface area contributed by atoms with Crippen molar-refractivity contribution in [3.63, 3.8) is 0 Å². The Balaban J connectivity index is 1.95. The van der Waals surface area contributed by atoms with E-state index in [1.165, 1.54) is 21.7 Å². The van der Waals surface area contributed by atoms with Crippen LogP contribution in [-0.2, 0) is 4.74 Å². The van der Waals surface area contributed by atoms with Crippen molar-refractivity contribution in [2.24, 2.45) is 0 Å². The van der Waals surface area contributed by atoms with E-state index in [9.17, 15) is 9.90 Å². The number of aliphatic hydroxyl groups is 1. The third-order valence-electron chi connectivity index (χ3n) is 3.73. The molecule has 0 saturated heterocycles. The van der Waals surface area contributed by atoms with E-state index in [1.54, 1.807) is 27.8 Å². The van der Waals surface area contributed by atoms with E-state index in [-0.39, 0.29) is 5.15 Å². The Hall–Kier alpha value is -1.90. The van der Waals surface area contributed by atoms with Crippen LogP contribution in [0.4, 0.5) is 10.6 Å². The molecule has 8 nitrogen and oxygen atoms in total. The minimum atomic E-state index is -0.893. The fourth-order valence-corrected chi connectivity index (χ4v) is 2.53. The molecule has 2 heterocycles. The first-order valence-electron chi connectivity index (χ1n) is 8.11. The molecule has 1 fully saturated rings. The van der Waals surface area contributed by atoms with Gasteiger partial charge in [0, 0.05) is 19.2 Å². The van der Waals surface area contributed by atoms with E-state index in [4.69, 9.17) is 16.3 Å². The molecule has 1 unspecified atom stereocenters. The number of hydrogen-bond donors (Lipinski definition) is 2. The molecule has 0 aliphatic heterocycles. The van der Waals surface area contributed by atoms with Gasteiger partial charge in [-0.2, -0.15) is 9.61 Å². The van der Waals surface area contributed by atoms with E-state index < -0.39 is 17.9 Å². The van der Waals surface area contributed by atoms with Crippen LogP contribution in [0.5, 0.6) is 0 Å². The lowest BCUT2D eigenvalue weighted by Gasteiger charge is -2.24. The Morgan fingerprint density at radius 2 is 2.20 bits per heavy atom. The molecule has 136 valence electrons. The molecule has 3 rings (SSSR count). The van der Waals surface area contributed by atoms with Crippen LogP contribution >= 0.6 is 11.6 Å². The molecule has 0 radical (unpaired) electrons. The quantitative estimate of drug-likeness (QED) is 0.637. The predicted molar refractivity (Wildman–Crippen MR) is 93.8 cm³/mol. The van der Waals surface area contributed by atoms with Crippen LogP contribution in [0.15, 0.2) is 12.3 Å². The highest BCUT2D eigenvalue weighted by Gasteiger charge is 2.28. The summed E-state index contributed by atoms with van der Waals surface area (Å²) in [5.41, 5.74) is 0.271. The number of anilines is 1. The normalized spacial score (nSPS) is 16.1. The van der Waals surface area contributed by atoms with Gasteiger partial charge in [-0.3, -0.25) is 10.2 Å². The maximum Gasteiger partial charge on any atom is 0.415 e. The third-order valence-corrected chi connectivity index (χ3v) is 3.92. The summed E-state index contributed by atoms with van der Waals surface area (Å²) in [7, 11) is 1.57. The minimum Gasteiger partial charge on any atom is -0.443 e. The van der Waals surface area contributed by atoms with Gasteiger partial charge in [0.1, 0.15) is 22.8 Å². The summed E-state index contributed by atoms with van der Waals surface area (Å²) in [6, 6.07) is 1.84. The van der Waals surface area contributed by atoms with E-state index in [0.29, 0.717) is 23.1 Å². The molecule has 25 heavy (non-hydrogen) atoms. The molecule has 2 aromatic heterocycles. The van der Waals surface area contributed by atoms with Gasteiger partial charge in [0.2, 0.25) is 0 Å². The first-order valence-corrected chi connectivity index (χ1v) is 8.48. The number of carbonyl (C=O) groups excluding carboxylic acids is 1. The van der Waals surface area contributed by atoms with Crippen LogP contribution < -0.4 is 10.2 Å². The lowest BCUT2D eigenvalue weighted by molar-refractivity contribution is 0.0587. The highest BCUT2D eigenvalue weighted by Crippen LogP contribution is 2.27. The number of fused-ring (bicyclic) bond motifs is 1. The van der Waals surface area contributed by atoms with E-state index in [0.717, 1.165) is 12.8 Å². The highest BCUT2D eigenvalue weighted by atomic mass is 35.5. The largest absolute Gasteiger partial charge is 0.443 e. The molecule has 9 heteroatoms. The predicted octanol–water partition coefficient (Wildman–Crippen LogP) is 2.50. The summed E-state index contributed by atoms with van der Waals surface area (Å²) in [5, 5.41) is 17.9. The Morgan fingerprint density at radius 3 is 2.80 bits per heavy atom. The molecule has 1 aliphatic carbocycles. The van der Waals surface area contributed by atoms with Crippen molar-refractivity contribution in [1.29, 1.82) is 0 Å². The van der Waals surface area contributed by atoms with Gasteiger partial charge in [0.25, 0.3) is 0 Å². The van der Waals surface area contributed by atoms with Gasteiger partial charge in [-0.1, -0.05) is 11.6 Å². The van der Waals surface area contributed by atoms with Crippen LogP contribution in [-0.4, -0.2) is 44.5 Å². The van der Waals surface area contributed by atoms with Crippen LogP contribution in [0.2, 0.25) is 5.15 Å². The van der Waals surface area contributed by atoms with Gasteiger partial charge in [0.15, 0.2) is 5.65 Å². The number of ether oxygens (including phenoxy) is 1. The van der Waals surface area contributed by atoms with Crippen molar-refractivity contribution < 1.29 is 14.6 Å². The maximum absolute atomic E-state index is 12.3. The Morgan fingerprint density at radius 1 is 1.52 bits per heavy atom. The van der Waals surface area contributed by atoms with E-state index in [1.807, 2.05) is 0 Å². The summed E-state index contributed by atoms with van der Waals surface area (Å²) in [4.78, 5) is 17.9. The fraction of sp³-hybridized carbons (Fsp3) is 0.562. The average Bonchev–Trinajstić information content (AvgIpc) is 3.20. The smallest absolute Gasteiger partial charge is 0.415 e. The fourth-order valence-electron chi connectivity index (χ4n) is 2.35. The Labute approximate surface area is 150 Å². The number of aliphatic hydroxyl groups excluding tert-OH is 1. The summed E-state index contributed by atoms with van der Waals surface area (Å²) >= 11 is 6.12. The van der Waals surface area contributed by atoms with Gasteiger partial charge >= 0.3 is 6.09 Å². The second-order valence-electron chi connectivity index (χ2n) is 7.16. The van der Waals surface area contributed by atoms with Crippen LogP contribution in [0.25, 0.3) is 5.65 Å². The van der Waals surface area contributed by atoms with Gasteiger partial charge in [-0.25, -0.2) is 9.78 Å². The number of carbonyl (C=O) groups is 1. The van der Waals surface area contributed by atoms with Crippen LogP contribution in [0, 0.1) is 0 Å². The van der Waals surface area contributed by atoms with Crippen molar-refractivity contribution in [2.45, 2.75) is 51.5 Å². The number of amides is 1. The molecule has 0 spiro atoms. The zero-order valence-electron chi connectivity index (χ0n) is 14.7. The number of hydrogen-bond acceptors (Lipinski definition) is 6. The summed E-state index contributed by atoms with van der Waals surface area (Å²) in [6.45, 7) is 5.37. The molecular formula is C16H22ClN5O3. The van der Waals surface area contributed by atoms with Crippen molar-refractivity contribution in [3.05, 3.63) is 23.0 Å². The van der Waals surface area contributed by atoms with Crippen molar-refractivity contribution in [1.82, 2.24) is 19.9 Å². The van der Waals surface area contributed by atoms with E-state index in [2.05, 4.69) is 15.4 Å². The molecule has 2 aromatic rings. The SMILES string of the molecule is CN(C(=O)OC(C)(C)C)c1cc(Cl)nc2c(C(O)NC3CC3)cnn12. The summed E-state index contributed by atoms with van der Waals surface area (Å²) < 4.78 is 6.84. The highest BCUT2D eigenvalue weighted by molar-refractivity contribution is 6.29. The molecule has 0 aromatic carbocycles. The molecule has 1 aliphatic rings. The standard InChI is InChI=1S/C16H22ClN5O3/c1-16(2,3)25-15(24)21(4)12-7-11(17)20-13-10(8-18-22(12)13)14(23)19-9-5-6-9/h7-9,14,19,23H,5-6H2,1-4H3. The number of halogens is 1. The third kappa shape index (κ3) is 4.02.